The summed E-state index contributed by atoms with van der Waals surface area (Å²) in [5.74, 6) is -0.132. The third-order valence-corrected chi connectivity index (χ3v) is 6.10. The summed E-state index contributed by atoms with van der Waals surface area (Å²) >= 11 is 1.75. The molecule has 2 heterocycles. The fourth-order valence-corrected chi connectivity index (χ4v) is 4.52. The van der Waals surface area contributed by atoms with Crippen LogP contribution >= 0.6 is 11.3 Å². The van der Waals surface area contributed by atoms with Crippen LogP contribution in [0.4, 0.5) is 0 Å². The van der Waals surface area contributed by atoms with Gasteiger partial charge in [-0.2, -0.15) is 0 Å². The van der Waals surface area contributed by atoms with E-state index in [1.54, 1.807) is 23.3 Å². The zero-order valence-electron chi connectivity index (χ0n) is 16.1. The Morgan fingerprint density at radius 2 is 2.04 bits per heavy atom. The molecule has 1 atom stereocenters. The Morgan fingerprint density at radius 1 is 1.26 bits per heavy atom. The molecule has 0 saturated heterocycles. The molecule has 1 unspecified atom stereocenters. The van der Waals surface area contributed by atoms with E-state index in [0.29, 0.717) is 19.7 Å². The number of carbonyl (C=O) groups is 2. The Labute approximate surface area is 164 Å². The van der Waals surface area contributed by atoms with Gasteiger partial charge in [-0.15, -0.1) is 11.3 Å². The predicted molar refractivity (Wildman–Crippen MR) is 107 cm³/mol. The molecule has 0 aliphatic carbocycles. The molecule has 27 heavy (non-hydrogen) atoms. The molecule has 0 saturated carbocycles. The molecule has 5 nitrogen and oxygen atoms in total. The molecule has 0 bridgehead atoms. The number of methoxy groups -OCH3 is 1. The number of hydrogen-bond acceptors (Lipinski definition) is 4. The van der Waals surface area contributed by atoms with Crippen molar-refractivity contribution >= 4 is 23.2 Å². The molecule has 1 aliphatic heterocycles. The summed E-state index contributed by atoms with van der Waals surface area (Å²) in [7, 11) is 1.59. The van der Waals surface area contributed by atoms with Gasteiger partial charge in [0.05, 0.1) is 19.2 Å². The van der Waals surface area contributed by atoms with Gasteiger partial charge in [-0.05, 0) is 41.5 Å². The van der Waals surface area contributed by atoms with Crippen molar-refractivity contribution in [1.82, 2.24) is 9.80 Å². The van der Waals surface area contributed by atoms with Gasteiger partial charge in [0.2, 0.25) is 11.8 Å². The minimum atomic E-state index is -0.110. The number of rotatable bonds is 6. The first-order valence-electron chi connectivity index (χ1n) is 9.18. The van der Waals surface area contributed by atoms with E-state index >= 15 is 0 Å². The van der Waals surface area contributed by atoms with E-state index < -0.39 is 0 Å². The lowest BCUT2D eigenvalue weighted by molar-refractivity contribution is -0.141. The first-order chi connectivity index (χ1) is 13.0. The number of carbonyl (C=O) groups excluding carboxylic acids is 2. The highest BCUT2D eigenvalue weighted by atomic mass is 32.1. The van der Waals surface area contributed by atoms with Gasteiger partial charge in [0.25, 0.3) is 0 Å². The van der Waals surface area contributed by atoms with Crippen molar-refractivity contribution in [3.8, 4) is 0 Å². The fourth-order valence-electron chi connectivity index (χ4n) is 3.62. The summed E-state index contributed by atoms with van der Waals surface area (Å²) in [6.45, 7) is 5.17. The highest BCUT2D eigenvalue weighted by Gasteiger charge is 2.34. The van der Waals surface area contributed by atoms with Crippen LogP contribution in [0.1, 0.15) is 34.5 Å². The van der Waals surface area contributed by atoms with Crippen molar-refractivity contribution in [3.63, 3.8) is 0 Å². The topological polar surface area (TPSA) is 49.9 Å². The quantitative estimate of drug-likeness (QED) is 0.767. The predicted octanol–water partition coefficient (Wildman–Crippen LogP) is 3.03. The van der Waals surface area contributed by atoms with Crippen LogP contribution in [0, 0.1) is 6.92 Å². The summed E-state index contributed by atoms with van der Waals surface area (Å²) < 4.78 is 5.07. The molecule has 0 N–H and O–H groups in total. The second-order valence-corrected chi connectivity index (χ2v) is 7.83. The zero-order chi connectivity index (χ0) is 19.4. The number of amides is 2. The molecule has 0 fully saturated rings. The standard InChI is InChI=1S/C21H26N2O3S/c1-15-6-4-5-7-17(15)21-18-9-13-27-19(18)8-10-23(21)20(25)14-22(16(2)24)11-12-26-3/h4-7,9,13,21H,8,10-12,14H2,1-3H3. The van der Waals surface area contributed by atoms with E-state index in [2.05, 4.69) is 30.5 Å². The largest absolute Gasteiger partial charge is 0.383 e. The molecular weight excluding hydrogens is 360 g/mol. The normalized spacial score (nSPS) is 16.1. The Hall–Kier alpha value is -2.18. The maximum absolute atomic E-state index is 13.2. The summed E-state index contributed by atoms with van der Waals surface area (Å²) in [6, 6.07) is 10.3. The van der Waals surface area contributed by atoms with Gasteiger partial charge in [-0.1, -0.05) is 24.3 Å². The summed E-state index contributed by atoms with van der Waals surface area (Å²) in [5, 5.41) is 2.10. The second kappa shape index (κ2) is 8.67. The maximum atomic E-state index is 13.2. The summed E-state index contributed by atoms with van der Waals surface area (Å²) in [5.41, 5.74) is 3.53. The number of benzene rings is 1. The lowest BCUT2D eigenvalue weighted by Crippen LogP contribution is -2.47. The Kier molecular flexibility index (Phi) is 6.29. The van der Waals surface area contributed by atoms with E-state index in [0.717, 1.165) is 12.0 Å². The number of fused-ring (bicyclic) bond motifs is 1. The average molecular weight is 387 g/mol. The number of aryl methyl sites for hydroxylation is 1. The third kappa shape index (κ3) is 4.22. The van der Waals surface area contributed by atoms with Gasteiger partial charge < -0.3 is 14.5 Å². The van der Waals surface area contributed by atoms with Crippen molar-refractivity contribution in [2.45, 2.75) is 26.3 Å². The van der Waals surface area contributed by atoms with E-state index in [9.17, 15) is 9.59 Å². The Bertz CT molecular complexity index is 817. The SMILES string of the molecule is COCCN(CC(=O)N1CCc2sccc2C1c1ccccc1C)C(C)=O. The molecule has 6 heteroatoms. The fraction of sp³-hybridized carbons (Fsp3) is 0.429. The number of nitrogens with zero attached hydrogens (tertiary/aromatic N) is 2. The molecular formula is C21H26N2O3S. The van der Waals surface area contributed by atoms with E-state index in [-0.39, 0.29) is 24.4 Å². The summed E-state index contributed by atoms with van der Waals surface area (Å²) in [4.78, 5) is 30.0. The first-order valence-corrected chi connectivity index (χ1v) is 10.1. The molecule has 1 aliphatic rings. The van der Waals surface area contributed by atoms with Crippen LogP contribution < -0.4 is 0 Å². The van der Waals surface area contributed by atoms with Crippen LogP contribution in [0.3, 0.4) is 0 Å². The summed E-state index contributed by atoms with van der Waals surface area (Å²) in [6.07, 6.45) is 0.860. The smallest absolute Gasteiger partial charge is 0.242 e. The monoisotopic (exact) mass is 386 g/mol. The molecule has 3 rings (SSSR count). The Balaban J connectivity index is 1.90. The lowest BCUT2D eigenvalue weighted by atomic mass is 9.90. The van der Waals surface area contributed by atoms with E-state index in [1.807, 2.05) is 17.0 Å². The van der Waals surface area contributed by atoms with Crippen LogP contribution in [0.2, 0.25) is 0 Å². The molecule has 0 radical (unpaired) electrons. The highest BCUT2D eigenvalue weighted by Crippen LogP contribution is 2.38. The Morgan fingerprint density at radius 3 is 2.74 bits per heavy atom. The number of thiophene rings is 1. The van der Waals surface area contributed by atoms with Crippen LogP contribution in [0.15, 0.2) is 35.7 Å². The van der Waals surface area contributed by atoms with Gasteiger partial charge in [0.15, 0.2) is 0 Å². The number of hydrogen-bond donors (Lipinski definition) is 0. The zero-order valence-corrected chi connectivity index (χ0v) is 16.9. The van der Waals surface area contributed by atoms with E-state index in [4.69, 9.17) is 4.74 Å². The second-order valence-electron chi connectivity index (χ2n) is 6.83. The van der Waals surface area contributed by atoms with E-state index in [1.165, 1.54) is 22.9 Å². The van der Waals surface area contributed by atoms with Crippen LogP contribution in [0.25, 0.3) is 0 Å². The minimum Gasteiger partial charge on any atom is -0.383 e. The van der Waals surface area contributed by atoms with Gasteiger partial charge in [-0.3, -0.25) is 9.59 Å². The van der Waals surface area contributed by atoms with Gasteiger partial charge >= 0.3 is 0 Å². The van der Waals surface area contributed by atoms with Crippen molar-refractivity contribution < 1.29 is 14.3 Å². The van der Waals surface area contributed by atoms with Crippen LogP contribution in [-0.2, 0) is 20.7 Å². The van der Waals surface area contributed by atoms with Crippen molar-refractivity contribution in [3.05, 3.63) is 57.3 Å². The average Bonchev–Trinajstić information content (AvgIpc) is 3.13. The third-order valence-electron chi connectivity index (χ3n) is 5.11. The molecule has 0 spiro atoms. The van der Waals surface area contributed by atoms with Crippen molar-refractivity contribution in [2.75, 3.05) is 33.4 Å². The molecule has 2 amide bonds. The lowest BCUT2D eigenvalue weighted by Gasteiger charge is -2.38. The molecule has 1 aromatic carbocycles. The van der Waals surface area contributed by atoms with Gasteiger partial charge in [0, 0.05) is 32.0 Å². The maximum Gasteiger partial charge on any atom is 0.242 e. The number of ether oxygens (including phenoxy) is 1. The molecule has 2 aromatic rings. The van der Waals surface area contributed by atoms with Gasteiger partial charge in [-0.25, -0.2) is 0 Å². The van der Waals surface area contributed by atoms with Crippen molar-refractivity contribution in [1.29, 1.82) is 0 Å². The van der Waals surface area contributed by atoms with Crippen LogP contribution in [0.5, 0.6) is 0 Å². The molecule has 144 valence electrons. The molecule has 1 aromatic heterocycles. The first kappa shape index (κ1) is 19.6. The van der Waals surface area contributed by atoms with Crippen molar-refractivity contribution in [2.24, 2.45) is 0 Å². The van der Waals surface area contributed by atoms with Crippen LogP contribution in [-0.4, -0.2) is 55.0 Å². The van der Waals surface area contributed by atoms with Gasteiger partial charge in [0.1, 0.15) is 0 Å². The minimum absolute atomic E-state index is 0.0218. The highest BCUT2D eigenvalue weighted by molar-refractivity contribution is 7.10.